The minimum absolute atomic E-state index is 0.0529. The largest absolute Gasteiger partial charge is 0.465 e. The summed E-state index contributed by atoms with van der Waals surface area (Å²) in [4.78, 5) is 26.9. The second-order valence-electron chi connectivity index (χ2n) is 6.90. The Morgan fingerprint density at radius 3 is 2.22 bits per heavy atom. The maximum Gasteiger partial charge on any atom is 0.423 e. The van der Waals surface area contributed by atoms with Crippen LogP contribution in [0.4, 0.5) is 24.7 Å². The topological polar surface area (TPSA) is 119 Å². The number of carbonyl (C=O) groups is 2. The molecule has 1 atom stereocenters. The summed E-state index contributed by atoms with van der Waals surface area (Å²) in [7, 11) is 0.761. The van der Waals surface area contributed by atoms with Crippen LogP contribution in [-0.4, -0.2) is 34.4 Å². The van der Waals surface area contributed by atoms with Crippen molar-refractivity contribution in [1.29, 1.82) is 0 Å². The van der Waals surface area contributed by atoms with Crippen molar-refractivity contribution in [3.63, 3.8) is 0 Å². The summed E-state index contributed by atoms with van der Waals surface area (Å²) in [5.41, 5.74) is 4.77. The lowest BCUT2D eigenvalue weighted by Gasteiger charge is -2.11. The number of benzene rings is 2. The highest BCUT2D eigenvalue weighted by atomic mass is 32.2. The number of carbonyl (C=O) groups excluding carboxylic acids is 2. The molecule has 3 rings (SSSR count). The maximum atomic E-state index is 12.8. The molecule has 3 N–H and O–H groups in total. The molecule has 0 fully saturated rings. The van der Waals surface area contributed by atoms with Crippen molar-refractivity contribution in [3.05, 3.63) is 84.6 Å². The van der Waals surface area contributed by atoms with E-state index in [4.69, 9.17) is 4.18 Å². The van der Waals surface area contributed by atoms with Gasteiger partial charge in [0.2, 0.25) is 0 Å². The fourth-order valence-electron chi connectivity index (χ4n) is 2.73. The molecule has 9 nitrogen and oxygen atoms in total. The average molecular weight is 520 g/mol. The highest BCUT2D eigenvalue weighted by Crippen LogP contribution is 2.26. The molecule has 1 heterocycles. The number of hydrogen-bond acceptors (Lipinski definition) is 7. The number of hydrazine groups is 1. The number of anilines is 2. The quantitative estimate of drug-likeness (QED) is 0.222. The van der Waals surface area contributed by atoms with Crippen molar-refractivity contribution in [3.8, 4) is 16.9 Å². The Morgan fingerprint density at radius 2 is 1.64 bits per heavy atom. The molecule has 1 unspecified atom stereocenters. The molecule has 1 aromatic heterocycles. The van der Waals surface area contributed by atoms with E-state index in [0.29, 0.717) is 11.4 Å². The van der Waals surface area contributed by atoms with Gasteiger partial charge in [-0.2, -0.15) is 17.4 Å². The third-order valence-corrected chi connectivity index (χ3v) is 5.14. The van der Waals surface area contributed by atoms with E-state index in [1.807, 2.05) is 47.9 Å². The van der Waals surface area contributed by atoms with Gasteiger partial charge in [-0.1, -0.05) is 42.5 Å². The lowest BCUT2D eigenvalue weighted by atomic mass is 10.1. The van der Waals surface area contributed by atoms with Gasteiger partial charge in [-0.15, -0.1) is 0 Å². The summed E-state index contributed by atoms with van der Waals surface area (Å²) in [6.45, 7) is 0. The number of hydrogen-bond donors (Lipinski definition) is 3. The number of methoxy groups -OCH3 is 1. The Kier molecular flexibility index (Phi) is 8.62. The number of pyridine rings is 1. The lowest BCUT2D eigenvalue weighted by molar-refractivity contribution is -0.148. The standard InChI is InChI=1S/C23H19F3N4O5S/c1-34-22(32)19(23(24,25)26)13-21(31)29-28-20-12-9-17(14-27-20)30-36(33)35-18-10-7-16(8-11-18)15-5-3-2-4-6-15/h2-14,30H,1H3,(H,27,28)(H,29,31)/b19-13+. The second-order valence-corrected chi connectivity index (χ2v) is 7.74. The van der Waals surface area contributed by atoms with Crippen molar-refractivity contribution in [2.24, 2.45) is 0 Å². The Labute approximate surface area is 206 Å². The Balaban J connectivity index is 1.52. The van der Waals surface area contributed by atoms with Crippen LogP contribution in [0.2, 0.25) is 0 Å². The van der Waals surface area contributed by atoms with Gasteiger partial charge >= 0.3 is 23.4 Å². The fourth-order valence-corrected chi connectivity index (χ4v) is 3.37. The van der Waals surface area contributed by atoms with Crippen LogP contribution in [-0.2, 0) is 25.6 Å². The first-order chi connectivity index (χ1) is 17.2. The average Bonchev–Trinajstić information content (AvgIpc) is 2.86. The molecule has 188 valence electrons. The molecule has 0 aliphatic rings. The minimum atomic E-state index is -5.07. The molecule has 0 saturated heterocycles. The van der Waals surface area contributed by atoms with Crippen LogP contribution < -0.4 is 19.8 Å². The monoisotopic (exact) mass is 520 g/mol. The van der Waals surface area contributed by atoms with Gasteiger partial charge in [-0.05, 0) is 35.4 Å². The molecule has 1 amide bonds. The molecule has 0 radical (unpaired) electrons. The number of esters is 1. The zero-order chi connectivity index (χ0) is 26.1. The summed E-state index contributed by atoms with van der Waals surface area (Å²) in [6, 6.07) is 19.5. The van der Waals surface area contributed by atoms with Gasteiger partial charge in [0.25, 0.3) is 5.91 Å². The van der Waals surface area contributed by atoms with Gasteiger partial charge < -0.3 is 8.92 Å². The normalized spacial score (nSPS) is 12.3. The van der Waals surface area contributed by atoms with Crippen LogP contribution in [0.5, 0.6) is 5.75 Å². The predicted octanol–water partition coefficient (Wildman–Crippen LogP) is 3.92. The molecule has 13 heteroatoms. The SMILES string of the molecule is COC(=O)/C(=C\C(=O)NNc1ccc(NS(=O)Oc2ccc(-c3ccccc3)cc2)cn1)C(F)(F)F. The smallest absolute Gasteiger partial charge is 0.423 e. The van der Waals surface area contributed by atoms with Crippen molar-refractivity contribution >= 4 is 34.6 Å². The molecule has 0 aliphatic carbocycles. The van der Waals surface area contributed by atoms with E-state index in [9.17, 15) is 27.0 Å². The molecule has 36 heavy (non-hydrogen) atoms. The van der Waals surface area contributed by atoms with E-state index in [1.54, 1.807) is 12.1 Å². The van der Waals surface area contributed by atoms with Crippen molar-refractivity contribution in [1.82, 2.24) is 10.4 Å². The third kappa shape index (κ3) is 7.56. The van der Waals surface area contributed by atoms with Crippen LogP contribution in [0.25, 0.3) is 11.1 Å². The number of nitrogens with zero attached hydrogens (tertiary/aromatic N) is 1. The lowest BCUT2D eigenvalue weighted by Crippen LogP contribution is -2.31. The number of nitrogens with one attached hydrogen (secondary N) is 3. The van der Waals surface area contributed by atoms with Gasteiger partial charge in [-0.3, -0.25) is 20.4 Å². The van der Waals surface area contributed by atoms with Gasteiger partial charge in [-0.25, -0.2) is 9.78 Å². The molecule has 3 aromatic rings. The van der Waals surface area contributed by atoms with E-state index >= 15 is 0 Å². The van der Waals surface area contributed by atoms with E-state index in [1.165, 1.54) is 18.3 Å². The minimum Gasteiger partial charge on any atom is -0.465 e. The van der Waals surface area contributed by atoms with Crippen LogP contribution in [0.15, 0.2) is 84.6 Å². The van der Waals surface area contributed by atoms with Crippen molar-refractivity contribution in [2.45, 2.75) is 6.18 Å². The van der Waals surface area contributed by atoms with Crippen LogP contribution in [0, 0.1) is 0 Å². The van der Waals surface area contributed by atoms with Gasteiger partial charge in [0.15, 0.2) is 0 Å². The molecule has 0 bridgehead atoms. The first-order valence-electron chi connectivity index (χ1n) is 10.1. The first-order valence-corrected chi connectivity index (χ1v) is 11.1. The van der Waals surface area contributed by atoms with E-state index in [-0.39, 0.29) is 11.9 Å². The molecule has 2 aromatic carbocycles. The van der Waals surface area contributed by atoms with Crippen molar-refractivity contribution < 1.29 is 35.9 Å². The number of aromatic nitrogens is 1. The summed E-state index contributed by atoms with van der Waals surface area (Å²) in [6.07, 6.45) is -3.76. The summed E-state index contributed by atoms with van der Waals surface area (Å²) >= 11 is -1.95. The number of amides is 1. The molecule has 0 aliphatic heterocycles. The van der Waals surface area contributed by atoms with Gasteiger partial charge in [0.05, 0.1) is 19.0 Å². The Morgan fingerprint density at radius 1 is 0.972 bits per heavy atom. The fraction of sp³-hybridized carbons (Fsp3) is 0.0870. The van der Waals surface area contributed by atoms with Crippen molar-refractivity contribution in [2.75, 3.05) is 17.3 Å². The molecular weight excluding hydrogens is 501 g/mol. The maximum absolute atomic E-state index is 12.8. The highest BCUT2D eigenvalue weighted by Gasteiger charge is 2.40. The number of rotatable bonds is 9. The Bertz CT molecular complexity index is 1250. The van der Waals surface area contributed by atoms with E-state index < -0.39 is 34.9 Å². The number of ether oxygens (including phenoxy) is 1. The van der Waals surface area contributed by atoms with Crippen LogP contribution >= 0.6 is 0 Å². The summed E-state index contributed by atoms with van der Waals surface area (Å²) < 4.78 is 62.7. The Hall–Kier alpha value is -4.39. The van der Waals surface area contributed by atoms with Gasteiger partial charge in [0.1, 0.15) is 17.1 Å². The van der Waals surface area contributed by atoms with E-state index in [0.717, 1.165) is 18.2 Å². The predicted molar refractivity (Wildman–Crippen MR) is 126 cm³/mol. The van der Waals surface area contributed by atoms with Crippen LogP contribution in [0.3, 0.4) is 0 Å². The van der Waals surface area contributed by atoms with Crippen LogP contribution in [0.1, 0.15) is 0 Å². The zero-order valence-electron chi connectivity index (χ0n) is 18.5. The number of halogens is 3. The summed E-state index contributed by atoms with van der Waals surface area (Å²) in [5.74, 6) is -2.54. The highest BCUT2D eigenvalue weighted by molar-refractivity contribution is 7.81. The second kappa shape index (κ2) is 11.8. The zero-order valence-corrected chi connectivity index (χ0v) is 19.4. The van der Waals surface area contributed by atoms with Gasteiger partial charge in [0, 0.05) is 6.08 Å². The molecular formula is C23H19F3N4O5S. The summed E-state index contributed by atoms with van der Waals surface area (Å²) in [5, 5.41) is 0. The first kappa shape index (κ1) is 26.2. The molecule has 0 spiro atoms. The third-order valence-electron chi connectivity index (χ3n) is 4.40. The number of alkyl halides is 3. The van der Waals surface area contributed by atoms with E-state index in [2.05, 4.69) is 19.9 Å². The molecule has 0 saturated carbocycles.